The summed E-state index contributed by atoms with van der Waals surface area (Å²) >= 11 is 1.35. The highest BCUT2D eigenvalue weighted by Crippen LogP contribution is 2.28. The molecule has 34 heavy (non-hydrogen) atoms. The Morgan fingerprint density at radius 3 is 2.32 bits per heavy atom. The molecule has 7 nitrogen and oxygen atoms in total. The first-order valence-electron chi connectivity index (χ1n) is 10.5. The van der Waals surface area contributed by atoms with Gasteiger partial charge in [-0.05, 0) is 54.8 Å². The largest absolute Gasteiger partial charge is 0.478 e. The van der Waals surface area contributed by atoms with E-state index in [0.717, 1.165) is 4.90 Å². The molecule has 0 saturated carbocycles. The number of carbonyl (C=O) groups is 3. The molecule has 0 fully saturated rings. The van der Waals surface area contributed by atoms with E-state index in [1.165, 1.54) is 17.8 Å². The van der Waals surface area contributed by atoms with Gasteiger partial charge >= 0.3 is 5.97 Å². The molecule has 1 atom stereocenters. The molecule has 1 aromatic heterocycles. The molecule has 4 aromatic rings. The zero-order valence-electron chi connectivity index (χ0n) is 18.2. The number of carbonyl (C=O) groups excluding carboxylic acids is 2. The van der Waals surface area contributed by atoms with Crippen molar-refractivity contribution in [1.82, 2.24) is 4.98 Å². The molecule has 0 aliphatic carbocycles. The quantitative estimate of drug-likeness (QED) is 0.316. The second-order valence-electron chi connectivity index (χ2n) is 7.46. The monoisotopic (exact) mass is 471 g/mol. The normalized spacial score (nSPS) is 11.6. The Bertz CT molecular complexity index is 1370. The predicted molar refractivity (Wildman–Crippen MR) is 133 cm³/mol. The summed E-state index contributed by atoms with van der Waals surface area (Å²) in [5.74, 6) is -1.21. The van der Waals surface area contributed by atoms with E-state index in [9.17, 15) is 19.5 Å². The first-order valence-corrected chi connectivity index (χ1v) is 11.4. The standard InChI is InChI=1S/C26H21N3O4S/c1-16(24(30)29-22-13-2-3-14-27-22)34-19-10-6-9-18(15-19)28-25(31)20-11-4-7-17-8-5-12-21(23(17)20)26(32)33/h2-16H,1H3,(H,28,31)(H,32,33)(H,27,29,30). The van der Waals surface area contributed by atoms with Gasteiger partial charge in [0.15, 0.2) is 0 Å². The molecule has 0 aliphatic heterocycles. The van der Waals surface area contributed by atoms with Crippen LogP contribution in [0.15, 0.2) is 90.0 Å². The zero-order chi connectivity index (χ0) is 24.1. The number of nitrogens with one attached hydrogen (secondary N) is 2. The molecule has 0 spiro atoms. The van der Waals surface area contributed by atoms with Gasteiger partial charge in [-0.25, -0.2) is 9.78 Å². The molecule has 1 heterocycles. The lowest BCUT2D eigenvalue weighted by atomic mass is 9.98. The van der Waals surface area contributed by atoms with Crippen molar-refractivity contribution in [3.63, 3.8) is 0 Å². The maximum atomic E-state index is 13.1. The van der Waals surface area contributed by atoms with E-state index in [4.69, 9.17) is 0 Å². The highest BCUT2D eigenvalue weighted by atomic mass is 32.2. The Labute approximate surface area is 200 Å². The number of anilines is 2. The maximum Gasteiger partial charge on any atom is 0.336 e. The molecule has 3 aromatic carbocycles. The van der Waals surface area contributed by atoms with Gasteiger partial charge in [-0.15, -0.1) is 11.8 Å². The summed E-state index contributed by atoms with van der Waals surface area (Å²) in [5.41, 5.74) is 0.883. The topological polar surface area (TPSA) is 108 Å². The van der Waals surface area contributed by atoms with Crippen LogP contribution in [-0.4, -0.2) is 33.1 Å². The number of hydrogen-bond donors (Lipinski definition) is 3. The highest BCUT2D eigenvalue weighted by Gasteiger charge is 2.18. The van der Waals surface area contributed by atoms with Crippen molar-refractivity contribution < 1.29 is 19.5 Å². The van der Waals surface area contributed by atoms with E-state index in [-0.39, 0.29) is 17.0 Å². The van der Waals surface area contributed by atoms with Gasteiger partial charge in [0.2, 0.25) is 5.91 Å². The van der Waals surface area contributed by atoms with E-state index in [0.29, 0.717) is 22.3 Å². The molecular formula is C26H21N3O4S. The van der Waals surface area contributed by atoms with E-state index in [2.05, 4.69) is 15.6 Å². The number of nitrogens with zero attached hydrogens (tertiary/aromatic N) is 1. The van der Waals surface area contributed by atoms with Crippen LogP contribution in [0.2, 0.25) is 0 Å². The number of benzene rings is 3. The van der Waals surface area contributed by atoms with Gasteiger partial charge in [0, 0.05) is 27.7 Å². The van der Waals surface area contributed by atoms with Crippen molar-refractivity contribution in [2.75, 3.05) is 10.6 Å². The van der Waals surface area contributed by atoms with Gasteiger partial charge in [-0.2, -0.15) is 0 Å². The summed E-state index contributed by atoms with van der Waals surface area (Å²) in [7, 11) is 0. The zero-order valence-corrected chi connectivity index (χ0v) is 19.0. The van der Waals surface area contributed by atoms with E-state index < -0.39 is 17.1 Å². The summed E-state index contributed by atoms with van der Waals surface area (Å²) < 4.78 is 0. The Balaban J connectivity index is 1.50. The molecule has 0 bridgehead atoms. The van der Waals surface area contributed by atoms with E-state index in [1.54, 1.807) is 79.9 Å². The van der Waals surface area contributed by atoms with Crippen LogP contribution in [0.5, 0.6) is 0 Å². The SMILES string of the molecule is CC(Sc1cccc(NC(=O)c2cccc3cccc(C(=O)O)c23)c1)C(=O)Nc1ccccn1. The Kier molecular flexibility index (Phi) is 6.89. The van der Waals surface area contributed by atoms with Gasteiger partial charge in [0.1, 0.15) is 5.82 Å². The molecule has 3 N–H and O–H groups in total. The third-order valence-electron chi connectivity index (χ3n) is 5.07. The molecule has 1 unspecified atom stereocenters. The minimum absolute atomic E-state index is 0.0697. The molecule has 0 saturated heterocycles. The summed E-state index contributed by atoms with van der Waals surface area (Å²) in [6, 6.07) is 22.4. The lowest BCUT2D eigenvalue weighted by Crippen LogP contribution is -2.22. The average molecular weight is 472 g/mol. The third-order valence-corrected chi connectivity index (χ3v) is 6.16. The number of pyridine rings is 1. The number of hydrogen-bond acceptors (Lipinski definition) is 5. The number of carboxylic acid groups (broad SMARTS) is 1. The van der Waals surface area contributed by atoms with E-state index >= 15 is 0 Å². The maximum absolute atomic E-state index is 13.1. The van der Waals surface area contributed by atoms with Crippen molar-refractivity contribution in [2.45, 2.75) is 17.1 Å². The lowest BCUT2D eigenvalue weighted by molar-refractivity contribution is -0.115. The van der Waals surface area contributed by atoms with Crippen LogP contribution in [-0.2, 0) is 4.79 Å². The van der Waals surface area contributed by atoms with Crippen LogP contribution < -0.4 is 10.6 Å². The summed E-state index contributed by atoms with van der Waals surface area (Å²) in [6.07, 6.45) is 1.61. The van der Waals surface area contributed by atoms with Gasteiger partial charge < -0.3 is 15.7 Å². The smallest absolute Gasteiger partial charge is 0.336 e. The fourth-order valence-electron chi connectivity index (χ4n) is 3.48. The fourth-order valence-corrected chi connectivity index (χ4v) is 4.40. The summed E-state index contributed by atoms with van der Waals surface area (Å²) in [5, 5.41) is 15.8. The van der Waals surface area contributed by atoms with Crippen molar-refractivity contribution in [2.24, 2.45) is 0 Å². The fraction of sp³-hybridized carbons (Fsp3) is 0.0769. The second-order valence-corrected chi connectivity index (χ2v) is 8.87. The Morgan fingerprint density at radius 2 is 1.62 bits per heavy atom. The molecule has 2 amide bonds. The Hall–Kier alpha value is -4.17. The first kappa shape index (κ1) is 23.0. The summed E-state index contributed by atoms with van der Waals surface area (Å²) in [6.45, 7) is 1.79. The second kappa shape index (κ2) is 10.2. The lowest BCUT2D eigenvalue weighted by Gasteiger charge is -2.13. The van der Waals surface area contributed by atoms with Crippen LogP contribution in [0, 0.1) is 0 Å². The van der Waals surface area contributed by atoms with Gasteiger partial charge in [0.05, 0.1) is 10.8 Å². The number of aromatic carboxylic acids is 1. The average Bonchev–Trinajstić information content (AvgIpc) is 2.84. The summed E-state index contributed by atoms with van der Waals surface area (Å²) in [4.78, 5) is 42.1. The van der Waals surface area contributed by atoms with Crippen LogP contribution >= 0.6 is 11.8 Å². The highest BCUT2D eigenvalue weighted by molar-refractivity contribution is 8.00. The van der Waals surface area contributed by atoms with Gasteiger partial charge in [-0.3, -0.25) is 9.59 Å². The predicted octanol–water partition coefficient (Wildman–Crippen LogP) is 5.30. The van der Waals surface area contributed by atoms with E-state index in [1.807, 2.05) is 6.07 Å². The third kappa shape index (κ3) is 5.24. The van der Waals surface area contributed by atoms with Gasteiger partial charge in [0.25, 0.3) is 5.91 Å². The van der Waals surface area contributed by atoms with Crippen molar-refractivity contribution in [3.8, 4) is 0 Å². The van der Waals surface area contributed by atoms with Crippen LogP contribution in [0.3, 0.4) is 0 Å². The van der Waals surface area contributed by atoms with Crippen molar-refractivity contribution in [1.29, 1.82) is 0 Å². The molecule has 8 heteroatoms. The Morgan fingerprint density at radius 1 is 0.882 bits per heavy atom. The van der Waals surface area contributed by atoms with Crippen molar-refractivity contribution >= 4 is 51.8 Å². The van der Waals surface area contributed by atoms with Crippen molar-refractivity contribution in [3.05, 3.63) is 96.2 Å². The van der Waals surface area contributed by atoms with Crippen LogP contribution in [0.25, 0.3) is 10.8 Å². The molecular weight excluding hydrogens is 450 g/mol. The minimum Gasteiger partial charge on any atom is -0.478 e. The first-order chi connectivity index (χ1) is 16.4. The number of fused-ring (bicyclic) bond motifs is 1. The molecule has 170 valence electrons. The van der Waals surface area contributed by atoms with Gasteiger partial charge in [-0.1, -0.05) is 36.4 Å². The molecule has 4 rings (SSSR count). The molecule has 0 aliphatic rings. The van der Waals surface area contributed by atoms with Crippen LogP contribution in [0.1, 0.15) is 27.6 Å². The number of amides is 2. The number of thioether (sulfide) groups is 1. The minimum atomic E-state index is -1.10. The molecule has 0 radical (unpaired) electrons. The van der Waals surface area contributed by atoms with Crippen LogP contribution in [0.4, 0.5) is 11.5 Å². The number of aromatic nitrogens is 1. The number of carboxylic acids is 1. The number of rotatable bonds is 7.